The lowest BCUT2D eigenvalue weighted by Gasteiger charge is -2.51. The molecule has 4 atom stereocenters. The number of nitrogens with zero attached hydrogens (tertiary/aromatic N) is 1. The van der Waals surface area contributed by atoms with Crippen LogP contribution in [0.4, 0.5) is 5.69 Å². The smallest absolute Gasteiger partial charge is 0.181 e. The van der Waals surface area contributed by atoms with Crippen LogP contribution >= 0.6 is 0 Å². The highest BCUT2D eigenvalue weighted by molar-refractivity contribution is 7.92. The number of benzene rings is 4. The predicted molar refractivity (Wildman–Crippen MR) is 176 cm³/mol. The summed E-state index contributed by atoms with van der Waals surface area (Å²) in [5.41, 5.74) is 8.29. The molecule has 0 N–H and O–H groups in total. The van der Waals surface area contributed by atoms with Crippen LogP contribution in [0.1, 0.15) is 81.5 Å². The van der Waals surface area contributed by atoms with Crippen LogP contribution in [0, 0.1) is 11.8 Å². The van der Waals surface area contributed by atoms with Gasteiger partial charge in [0.15, 0.2) is 9.84 Å². The van der Waals surface area contributed by atoms with E-state index in [0.717, 1.165) is 24.8 Å². The van der Waals surface area contributed by atoms with Crippen molar-refractivity contribution in [2.45, 2.75) is 86.4 Å². The SMILES string of the molecule is CC(C)C(C)(C)N1c2ccccc2C2CCC3[C@@H](CCC21)S(=O)(=O)c1ccccc1C31c2ccccc2-c2ccccc21. The Balaban J connectivity index is 1.35. The first kappa shape index (κ1) is 27.2. The third kappa shape index (κ3) is 3.45. The van der Waals surface area contributed by atoms with Gasteiger partial charge in [-0.3, -0.25) is 0 Å². The van der Waals surface area contributed by atoms with Crippen LogP contribution in [0.5, 0.6) is 0 Å². The van der Waals surface area contributed by atoms with E-state index in [4.69, 9.17) is 0 Å². The normalized spacial score (nSPS) is 26.0. The molecule has 2 aliphatic heterocycles. The van der Waals surface area contributed by atoms with Crippen LogP contribution in [0.3, 0.4) is 0 Å². The van der Waals surface area contributed by atoms with Crippen molar-refractivity contribution in [3.05, 3.63) is 119 Å². The molecule has 43 heavy (non-hydrogen) atoms. The molecule has 4 heteroatoms. The summed E-state index contributed by atoms with van der Waals surface area (Å²) in [7, 11) is -3.53. The van der Waals surface area contributed by atoms with E-state index in [1.165, 1.54) is 33.5 Å². The summed E-state index contributed by atoms with van der Waals surface area (Å²) in [5.74, 6) is 0.800. The maximum atomic E-state index is 14.8. The van der Waals surface area contributed by atoms with Gasteiger partial charge in [0.05, 0.1) is 15.6 Å². The molecule has 0 radical (unpaired) electrons. The summed E-state index contributed by atoms with van der Waals surface area (Å²) in [6, 6.07) is 34.8. The average Bonchev–Trinajstić information content (AvgIpc) is 3.47. The Morgan fingerprint density at radius 2 is 1.30 bits per heavy atom. The van der Waals surface area contributed by atoms with Gasteiger partial charge in [0.25, 0.3) is 0 Å². The van der Waals surface area contributed by atoms with Crippen LogP contribution in [0.25, 0.3) is 11.1 Å². The topological polar surface area (TPSA) is 37.4 Å². The Morgan fingerprint density at radius 3 is 1.98 bits per heavy atom. The molecule has 2 aliphatic carbocycles. The Bertz CT molecular complexity index is 1810. The van der Waals surface area contributed by atoms with Crippen molar-refractivity contribution < 1.29 is 8.42 Å². The predicted octanol–water partition coefficient (Wildman–Crippen LogP) is 8.75. The lowest BCUT2D eigenvalue weighted by molar-refractivity contribution is 0.240. The number of para-hydroxylation sites is 1. The van der Waals surface area contributed by atoms with Crippen molar-refractivity contribution in [3.63, 3.8) is 0 Å². The fourth-order valence-electron chi connectivity index (χ4n) is 9.59. The zero-order chi connectivity index (χ0) is 29.7. The summed E-state index contributed by atoms with van der Waals surface area (Å²) in [6.07, 6.45) is 3.40. The summed E-state index contributed by atoms with van der Waals surface area (Å²) < 4.78 is 29.5. The van der Waals surface area contributed by atoms with Gasteiger partial charge in [-0.25, -0.2) is 8.42 Å². The first-order chi connectivity index (χ1) is 20.7. The third-order valence-corrected chi connectivity index (χ3v) is 14.3. The van der Waals surface area contributed by atoms with Crippen molar-refractivity contribution in [2.75, 3.05) is 4.90 Å². The molecular weight excluding hydrogens is 547 g/mol. The van der Waals surface area contributed by atoms with Gasteiger partial charge in [-0.1, -0.05) is 98.8 Å². The molecule has 3 nitrogen and oxygen atoms in total. The monoisotopic (exact) mass is 587 g/mol. The highest BCUT2D eigenvalue weighted by atomic mass is 32.2. The standard InChI is InChI=1S/C39H41NO2S/c1-25(2)38(3,4)40-34-19-11-7-15-28(34)29-21-22-33-37(24-23-35(29)40)43(41,42)36-20-12-10-18-32(36)39(33)30-16-8-5-13-26(30)27-14-6-9-17-31(27)39/h5-20,25,29,33,35,37H,21-24H2,1-4H3/t29?,33?,35?,37-/m1/s1. The highest BCUT2D eigenvalue weighted by Crippen LogP contribution is 2.64. The number of rotatable bonds is 2. The first-order valence-corrected chi connectivity index (χ1v) is 17.7. The van der Waals surface area contributed by atoms with Crippen molar-refractivity contribution in [1.29, 1.82) is 0 Å². The molecule has 3 unspecified atom stereocenters. The maximum absolute atomic E-state index is 14.8. The molecule has 220 valence electrons. The van der Waals surface area contributed by atoms with Crippen LogP contribution in [0.2, 0.25) is 0 Å². The molecule has 0 amide bonds. The van der Waals surface area contributed by atoms with Crippen LogP contribution in [0.15, 0.2) is 102 Å². The molecule has 4 aromatic carbocycles. The van der Waals surface area contributed by atoms with Gasteiger partial charge < -0.3 is 4.90 Å². The Labute approximate surface area is 256 Å². The lowest BCUT2D eigenvalue weighted by Crippen LogP contribution is -2.55. The molecule has 4 aliphatic rings. The molecule has 2 heterocycles. The number of anilines is 1. The lowest BCUT2D eigenvalue weighted by atomic mass is 9.59. The van der Waals surface area contributed by atoms with E-state index in [-0.39, 0.29) is 11.5 Å². The molecule has 0 aromatic heterocycles. The van der Waals surface area contributed by atoms with E-state index >= 15 is 0 Å². The molecule has 8 rings (SSSR count). The average molecular weight is 588 g/mol. The maximum Gasteiger partial charge on any atom is 0.181 e. The molecule has 1 spiro atoms. The molecule has 1 saturated carbocycles. The van der Waals surface area contributed by atoms with Crippen LogP contribution in [-0.2, 0) is 15.3 Å². The van der Waals surface area contributed by atoms with Gasteiger partial charge >= 0.3 is 0 Å². The number of sulfone groups is 1. The summed E-state index contributed by atoms with van der Waals surface area (Å²) in [4.78, 5) is 3.21. The summed E-state index contributed by atoms with van der Waals surface area (Å²) >= 11 is 0. The molecule has 0 bridgehead atoms. The Kier molecular flexibility index (Phi) is 5.89. The second-order valence-corrected chi connectivity index (χ2v) is 16.3. The largest absolute Gasteiger partial charge is 0.362 e. The van der Waals surface area contributed by atoms with Crippen molar-refractivity contribution in [1.82, 2.24) is 0 Å². The Hall–Kier alpha value is -3.37. The van der Waals surface area contributed by atoms with Crippen molar-refractivity contribution in [3.8, 4) is 11.1 Å². The fraction of sp³-hybridized carbons (Fsp3) is 0.385. The number of hydrogen-bond acceptors (Lipinski definition) is 3. The number of fused-ring (bicyclic) bond motifs is 12. The van der Waals surface area contributed by atoms with E-state index in [9.17, 15) is 8.42 Å². The van der Waals surface area contributed by atoms with E-state index < -0.39 is 20.5 Å². The summed E-state index contributed by atoms with van der Waals surface area (Å²) in [6.45, 7) is 9.37. The third-order valence-electron chi connectivity index (χ3n) is 12.0. The van der Waals surface area contributed by atoms with Crippen LogP contribution in [-0.4, -0.2) is 25.2 Å². The second-order valence-electron chi connectivity index (χ2n) is 14.2. The highest BCUT2D eigenvalue weighted by Gasteiger charge is 2.60. The minimum Gasteiger partial charge on any atom is -0.362 e. The molecular formula is C39H41NO2S. The fourth-order valence-corrected chi connectivity index (χ4v) is 11.9. The van der Waals surface area contributed by atoms with Crippen molar-refractivity contribution in [2.24, 2.45) is 11.8 Å². The second kappa shape index (κ2) is 9.32. The van der Waals surface area contributed by atoms with Gasteiger partial charge in [-0.2, -0.15) is 0 Å². The molecule has 0 saturated heterocycles. The van der Waals surface area contributed by atoms with E-state index in [1.54, 1.807) is 0 Å². The minimum absolute atomic E-state index is 0.0440. The van der Waals surface area contributed by atoms with Crippen LogP contribution < -0.4 is 4.90 Å². The van der Waals surface area contributed by atoms with E-state index in [2.05, 4.69) is 111 Å². The molecule has 1 fully saturated rings. The van der Waals surface area contributed by atoms with Gasteiger partial charge in [0, 0.05) is 23.2 Å². The Morgan fingerprint density at radius 1 is 0.721 bits per heavy atom. The van der Waals surface area contributed by atoms with Gasteiger partial charge in [0.1, 0.15) is 0 Å². The number of hydrogen-bond donors (Lipinski definition) is 0. The molecule has 4 aromatic rings. The summed E-state index contributed by atoms with van der Waals surface area (Å²) in [5, 5.41) is -0.435. The first-order valence-electron chi connectivity index (χ1n) is 16.1. The zero-order valence-corrected chi connectivity index (χ0v) is 26.4. The van der Waals surface area contributed by atoms with E-state index in [1.807, 2.05) is 18.2 Å². The quantitative estimate of drug-likeness (QED) is 0.235. The minimum atomic E-state index is -3.53. The van der Waals surface area contributed by atoms with Gasteiger partial charge in [0.2, 0.25) is 0 Å². The van der Waals surface area contributed by atoms with Crippen molar-refractivity contribution >= 4 is 15.5 Å². The van der Waals surface area contributed by atoms with E-state index in [0.29, 0.717) is 29.2 Å². The van der Waals surface area contributed by atoms with Gasteiger partial charge in [-0.05, 0) is 96.9 Å². The zero-order valence-electron chi connectivity index (χ0n) is 25.6. The van der Waals surface area contributed by atoms with Gasteiger partial charge in [-0.15, -0.1) is 0 Å².